The first-order chi connectivity index (χ1) is 10.1. The smallest absolute Gasteiger partial charge is 0.269 e. The number of rotatable bonds is 3. The fourth-order valence-electron chi connectivity index (χ4n) is 2.43. The van der Waals surface area contributed by atoms with E-state index in [2.05, 4.69) is 4.90 Å². The molecule has 3 rings (SSSR count). The van der Waals surface area contributed by atoms with Crippen LogP contribution in [0.2, 0.25) is 0 Å². The summed E-state index contributed by atoms with van der Waals surface area (Å²) in [5.74, 6) is 1.35. The van der Waals surface area contributed by atoms with E-state index in [1.807, 2.05) is 12.1 Å². The average Bonchev–Trinajstić information content (AvgIpc) is 3.18. The summed E-state index contributed by atoms with van der Waals surface area (Å²) in [5.41, 5.74) is 0.870. The maximum absolute atomic E-state index is 10.6. The highest BCUT2D eigenvalue weighted by atomic mass is 32.1. The van der Waals surface area contributed by atoms with Gasteiger partial charge in [-0.05, 0) is 37.1 Å². The molecule has 2 heterocycles. The number of likely N-dealkylation sites (tertiary alicyclic amines) is 1. The molecule has 6 heteroatoms. The molecule has 0 N–H and O–H groups in total. The number of thiocarbonyl (C=S) groups is 1. The van der Waals surface area contributed by atoms with E-state index in [0.717, 1.165) is 36.5 Å². The molecule has 5 nitrogen and oxygen atoms in total. The molecule has 0 saturated carbocycles. The fraction of sp³-hybridized carbons (Fsp3) is 0.267. The standard InChI is InChI=1S/C15H14N2O3S/c18-17(19)12-5-3-11(4-6-12)13-7-8-14(20-13)15(21)16-9-1-2-10-16/h3-8H,1-2,9-10H2. The summed E-state index contributed by atoms with van der Waals surface area (Å²) >= 11 is 5.44. The number of furan rings is 1. The van der Waals surface area contributed by atoms with Gasteiger partial charge in [0.2, 0.25) is 0 Å². The Morgan fingerprint density at radius 1 is 1.14 bits per heavy atom. The fourth-order valence-corrected chi connectivity index (χ4v) is 2.72. The van der Waals surface area contributed by atoms with E-state index in [1.54, 1.807) is 12.1 Å². The van der Waals surface area contributed by atoms with Crippen LogP contribution in [0.1, 0.15) is 18.6 Å². The van der Waals surface area contributed by atoms with Gasteiger partial charge in [-0.2, -0.15) is 0 Å². The summed E-state index contributed by atoms with van der Waals surface area (Å²) < 4.78 is 5.79. The van der Waals surface area contributed by atoms with Crippen LogP contribution in [0.4, 0.5) is 5.69 Å². The van der Waals surface area contributed by atoms with Crippen molar-refractivity contribution in [2.75, 3.05) is 13.1 Å². The number of nitrogens with zero attached hydrogens (tertiary/aromatic N) is 2. The molecule has 1 fully saturated rings. The lowest BCUT2D eigenvalue weighted by molar-refractivity contribution is -0.384. The van der Waals surface area contributed by atoms with Gasteiger partial charge in [-0.25, -0.2) is 0 Å². The summed E-state index contributed by atoms with van der Waals surface area (Å²) in [4.78, 5) is 13.1. The van der Waals surface area contributed by atoms with Crippen LogP contribution in [-0.2, 0) is 0 Å². The third-order valence-corrected chi connectivity index (χ3v) is 4.03. The SMILES string of the molecule is O=[N+]([O-])c1ccc(-c2ccc(C(=S)N3CCCC3)o2)cc1. The topological polar surface area (TPSA) is 59.5 Å². The van der Waals surface area contributed by atoms with Crippen molar-refractivity contribution in [2.45, 2.75) is 12.8 Å². The first-order valence-corrected chi connectivity index (χ1v) is 7.20. The van der Waals surface area contributed by atoms with Crippen LogP contribution in [-0.4, -0.2) is 27.9 Å². The monoisotopic (exact) mass is 302 g/mol. The van der Waals surface area contributed by atoms with Gasteiger partial charge in [0.25, 0.3) is 5.69 Å². The third kappa shape index (κ3) is 2.80. The number of hydrogen-bond acceptors (Lipinski definition) is 4. The molecular formula is C15H14N2O3S. The molecular weight excluding hydrogens is 288 g/mol. The Morgan fingerprint density at radius 2 is 1.81 bits per heavy atom. The van der Waals surface area contributed by atoms with E-state index in [9.17, 15) is 10.1 Å². The van der Waals surface area contributed by atoms with Gasteiger partial charge < -0.3 is 9.32 Å². The Morgan fingerprint density at radius 3 is 2.43 bits per heavy atom. The first-order valence-electron chi connectivity index (χ1n) is 6.79. The van der Waals surface area contributed by atoms with E-state index in [1.165, 1.54) is 12.1 Å². The number of nitro groups is 1. The van der Waals surface area contributed by atoms with Gasteiger partial charge >= 0.3 is 0 Å². The van der Waals surface area contributed by atoms with Crippen molar-refractivity contribution in [2.24, 2.45) is 0 Å². The highest BCUT2D eigenvalue weighted by Gasteiger charge is 2.19. The largest absolute Gasteiger partial charge is 0.454 e. The molecule has 0 radical (unpaired) electrons. The van der Waals surface area contributed by atoms with Crippen molar-refractivity contribution in [3.8, 4) is 11.3 Å². The van der Waals surface area contributed by atoms with E-state index in [4.69, 9.17) is 16.6 Å². The van der Waals surface area contributed by atoms with Crippen molar-refractivity contribution < 1.29 is 9.34 Å². The Hall–Kier alpha value is -2.21. The predicted octanol–water partition coefficient (Wildman–Crippen LogP) is 3.63. The quantitative estimate of drug-likeness (QED) is 0.492. The van der Waals surface area contributed by atoms with Gasteiger partial charge in [0.15, 0.2) is 5.76 Å². The lowest BCUT2D eigenvalue weighted by atomic mass is 10.1. The van der Waals surface area contributed by atoms with Crippen molar-refractivity contribution in [3.63, 3.8) is 0 Å². The molecule has 0 bridgehead atoms. The molecule has 108 valence electrons. The van der Waals surface area contributed by atoms with E-state index in [0.29, 0.717) is 11.5 Å². The maximum Gasteiger partial charge on any atom is 0.269 e. The van der Waals surface area contributed by atoms with E-state index in [-0.39, 0.29) is 5.69 Å². The van der Waals surface area contributed by atoms with Crippen molar-refractivity contribution in [1.29, 1.82) is 0 Å². The summed E-state index contributed by atoms with van der Waals surface area (Å²) in [7, 11) is 0. The van der Waals surface area contributed by atoms with Gasteiger partial charge in [-0.15, -0.1) is 0 Å². The van der Waals surface area contributed by atoms with E-state index < -0.39 is 4.92 Å². The minimum absolute atomic E-state index is 0.0677. The second-order valence-corrected chi connectivity index (χ2v) is 5.35. The number of nitro benzene ring substituents is 1. The van der Waals surface area contributed by atoms with Gasteiger partial charge in [-0.3, -0.25) is 10.1 Å². The van der Waals surface area contributed by atoms with Crippen molar-refractivity contribution in [3.05, 3.63) is 52.3 Å². The molecule has 0 atom stereocenters. The summed E-state index contributed by atoms with van der Waals surface area (Å²) in [6, 6.07) is 10.0. The highest BCUT2D eigenvalue weighted by molar-refractivity contribution is 7.80. The van der Waals surface area contributed by atoms with Crippen LogP contribution >= 0.6 is 12.2 Å². The molecule has 1 aliphatic heterocycles. The molecule has 1 aromatic carbocycles. The van der Waals surface area contributed by atoms with Crippen LogP contribution in [0, 0.1) is 10.1 Å². The van der Waals surface area contributed by atoms with E-state index >= 15 is 0 Å². The molecule has 0 amide bonds. The van der Waals surface area contributed by atoms with Crippen LogP contribution in [0.5, 0.6) is 0 Å². The zero-order valence-corrected chi connectivity index (χ0v) is 12.1. The van der Waals surface area contributed by atoms with Gasteiger partial charge in [0.05, 0.1) is 4.92 Å². The normalized spacial score (nSPS) is 14.4. The zero-order valence-electron chi connectivity index (χ0n) is 11.3. The molecule has 1 aliphatic rings. The summed E-state index contributed by atoms with van der Waals surface area (Å²) in [6.45, 7) is 1.96. The van der Waals surface area contributed by atoms with Crippen molar-refractivity contribution >= 4 is 22.9 Å². The maximum atomic E-state index is 10.6. The molecule has 1 saturated heterocycles. The van der Waals surface area contributed by atoms with Gasteiger partial charge in [-0.1, -0.05) is 12.2 Å². The molecule has 0 spiro atoms. The highest BCUT2D eigenvalue weighted by Crippen LogP contribution is 2.26. The molecule has 1 aromatic heterocycles. The Kier molecular flexibility index (Phi) is 3.70. The van der Waals surface area contributed by atoms with Crippen LogP contribution < -0.4 is 0 Å². The zero-order chi connectivity index (χ0) is 14.8. The molecule has 2 aromatic rings. The molecule has 21 heavy (non-hydrogen) atoms. The predicted molar refractivity (Wildman–Crippen MR) is 83.3 cm³/mol. The Bertz CT molecular complexity index is 672. The van der Waals surface area contributed by atoms with Crippen LogP contribution in [0.3, 0.4) is 0 Å². The second-order valence-electron chi connectivity index (χ2n) is 4.97. The molecule has 0 unspecified atom stereocenters. The number of non-ortho nitro benzene ring substituents is 1. The van der Waals surface area contributed by atoms with Crippen LogP contribution in [0.25, 0.3) is 11.3 Å². The Balaban J connectivity index is 1.80. The lowest BCUT2D eigenvalue weighted by Gasteiger charge is -2.16. The number of hydrogen-bond donors (Lipinski definition) is 0. The summed E-state index contributed by atoms with van der Waals surface area (Å²) in [6.07, 6.45) is 2.33. The third-order valence-electron chi connectivity index (χ3n) is 3.57. The number of benzene rings is 1. The van der Waals surface area contributed by atoms with Crippen LogP contribution in [0.15, 0.2) is 40.8 Å². The first kappa shape index (κ1) is 13.8. The Labute approximate surface area is 127 Å². The average molecular weight is 302 g/mol. The van der Waals surface area contributed by atoms with Gasteiger partial charge in [0, 0.05) is 30.8 Å². The lowest BCUT2D eigenvalue weighted by Crippen LogP contribution is -2.26. The van der Waals surface area contributed by atoms with Crippen molar-refractivity contribution in [1.82, 2.24) is 4.90 Å². The minimum atomic E-state index is -0.417. The second kappa shape index (κ2) is 5.65. The van der Waals surface area contributed by atoms with Gasteiger partial charge in [0.1, 0.15) is 10.7 Å². The molecule has 0 aliphatic carbocycles. The minimum Gasteiger partial charge on any atom is -0.454 e. The summed E-state index contributed by atoms with van der Waals surface area (Å²) in [5, 5.41) is 10.6.